The van der Waals surface area contributed by atoms with Gasteiger partial charge in [0.1, 0.15) is 5.65 Å². The van der Waals surface area contributed by atoms with Gasteiger partial charge in [-0.2, -0.15) is 0 Å². The van der Waals surface area contributed by atoms with Crippen molar-refractivity contribution < 1.29 is 1.43 Å². The van der Waals surface area contributed by atoms with E-state index in [-0.39, 0.29) is 1.43 Å². The third kappa shape index (κ3) is 1.32. The van der Waals surface area contributed by atoms with Crippen LogP contribution in [0.25, 0.3) is 11.0 Å². The minimum atomic E-state index is 0. The molecule has 0 aliphatic rings. The molecule has 0 unspecified atom stereocenters. The van der Waals surface area contributed by atoms with Crippen LogP contribution in [-0.4, -0.2) is 9.97 Å². The molecule has 0 amide bonds. The van der Waals surface area contributed by atoms with Crippen molar-refractivity contribution in [3.05, 3.63) is 29.6 Å². The number of fused-ring (bicyclic) bond motifs is 1. The van der Waals surface area contributed by atoms with E-state index < -0.39 is 0 Å². The summed E-state index contributed by atoms with van der Waals surface area (Å²) in [5, 5.41) is 1.24. The summed E-state index contributed by atoms with van der Waals surface area (Å²) in [5.74, 6) is 0.547. The summed E-state index contributed by atoms with van der Waals surface area (Å²) in [6, 6.07) is 2.22. The van der Waals surface area contributed by atoms with Crippen molar-refractivity contribution >= 4 is 11.0 Å². The molecule has 2 aromatic rings. The molecule has 0 spiro atoms. The summed E-state index contributed by atoms with van der Waals surface area (Å²) in [4.78, 5) is 7.51. The van der Waals surface area contributed by atoms with Crippen LogP contribution in [0, 0.1) is 6.92 Å². The summed E-state index contributed by atoms with van der Waals surface area (Å²) in [7, 11) is 0. The molecule has 2 rings (SSSR count). The maximum absolute atomic E-state index is 4.37. The van der Waals surface area contributed by atoms with Gasteiger partial charge in [-0.15, -0.1) is 0 Å². The highest BCUT2D eigenvalue weighted by Gasteiger charge is 2.04. The largest absolute Gasteiger partial charge is 0.346 e. The molecule has 0 aromatic carbocycles. The van der Waals surface area contributed by atoms with Crippen molar-refractivity contribution in [1.29, 1.82) is 0 Å². The van der Waals surface area contributed by atoms with Crippen LogP contribution in [0.1, 0.15) is 32.3 Å². The zero-order valence-electron chi connectivity index (χ0n) is 8.26. The first-order valence-electron chi connectivity index (χ1n) is 4.62. The molecule has 70 valence electrons. The van der Waals surface area contributed by atoms with Crippen LogP contribution in [-0.2, 0) is 0 Å². The molecule has 0 saturated heterocycles. The summed E-state index contributed by atoms with van der Waals surface area (Å²) in [5.41, 5.74) is 3.56. The van der Waals surface area contributed by atoms with Crippen molar-refractivity contribution in [2.24, 2.45) is 0 Å². The average Bonchev–Trinajstić information content (AvgIpc) is 2.47. The molecular weight excluding hydrogens is 160 g/mol. The predicted molar refractivity (Wildman–Crippen MR) is 57.0 cm³/mol. The van der Waals surface area contributed by atoms with Gasteiger partial charge in [0.15, 0.2) is 0 Å². The standard InChI is InChI=1S/C11H14N2.H2/c1-7(2)9-4-10-8(3)5-12-11(10)13-6-9;/h4-7H,1-3H3,(H,12,13);1H. The molecule has 0 saturated carbocycles. The Bertz CT molecular complexity index is 432. The van der Waals surface area contributed by atoms with Crippen molar-refractivity contribution in [2.75, 3.05) is 0 Å². The van der Waals surface area contributed by atoms with E-state index in [1.54, 1.807) is 0 Å². The SMILES string of the molecule is Cc1c[nH]c2ncc(C(C)C)cc12.[HH]. The van der Waals surface area contributed by atoms with Gasteiger partial charge in [-0.25, -0.2) is 4.98 Å². The molecule has 1 N–H and O–H groups in total. The summed E-state index contributed by atoms with van der Waals surface area (Å²) in [6.07, 6.45) is 3.95. The Kier molecular flexibility index (Phi) is 1.83. The Labute approximate surface area is 79.5 Å². The number of H-pyrrole nitrogens is 1. The fourth-order valence-electron chi connectivity index (χ4n) is 1.47. The highest BCUT2D eigenvalue weighted by atomic mass is 14.8. The molecule has 0 radical (unpaired) electrons. The molecule has 2 nitrogen and oxygen atoms in total. The molecular formula is C11H16N2. The normalized spacial score (nSPS) is 11.4. The van der Waals surface area contributed by atoms with Gasteiger partial charge < -0.3 is 4.98 Å². The number of aryl methyl sites for hydroxylation is 1. The Morgan fingerprint density at radius 1 is 1.46 bits per heavy atom. The molecule has 2 heteroatoms. The smallest absolute Gasteiger partial charge is 0.137 e. The van der Waals surface area contributed by atoms with Crippen LogP contribution < -0.4 is 0 Å². The number of nitrogens with zero attached hydrogens (tertiary/aromatic N) is 1. The van der Waals surface area contributed by atoms with Gasteiger partial charge in [0.25, 0.3) is 0 Å². The molecule has 13 heavy (non-hydrogen) atoms. The van der Waals surface area contributed by atoms with E-state index in [9.17, 15) is 0 Å². The summed E-state index contributed by atoms with van der Waals surface area (Å²) >= 11 is 0. The molecule has 0 fully saturated rings. The monoisotopic (exact) mass is 176 g/mol. The molecule has 2 aromatic heterocycles. The zero-order chi connectivity index (χ0) is 9.42. The first kappa shape index (κ1) is 8.30. The van der Waals surface area contributed by atoms with Gasteiger partial charge in [0.05, 0.1) is 0 Å². The van der Waals surface area contributed by atoms with Crippen molar-refractivity contribution in [1.82, 2.24) is 9.97 Å². The van der Waals surface area contributed by atoms with Gasteiger partial charge in [0.2, 0.25) is 0 Å². The maximum Gasteiger partial charge on any atom is 0.137 e. The quantitative estimate of drug-likeness (QED) is 0.710. The number of hydrogen-bond acceptors (Lipinski definition) is 1. The van der Waals surface area contributed by atoms with Crippen LogP contribution in [0.4, 0.5) is 0 Å². The number of aromatic nitrogens is 2. The molecule has 0 aliphatic carbocycles. The van der Waals surface area contributed by atoms with Gasteiger partial charge in [-0.1, -0.05) is 13.8 Å². The summed E-state index contributed by atoms with van der Waals surface area (Å²) < 4.78 is 0. The lowest BCUT2D eigenvalue weighted by Crippen LogP contribution is -1.88. The van der Waals surface area contributed by atoms with Crippen LogP contribution >= 0.6 is 0 Å². The van der Waals surface area contributed by atoms with E-state index in [2.05, 4.69) is 36.8 Å². The van der Waals surface area contributed by atoms with Crippen molar-refractivity contribution in [2.45, 2.75) is 26.7 Å². The Balaban J connectivity index is 0.000000980. The lowest BCUT2D eigenvalue weighted by atomic mass is 10.0. The van der Waals surface area contributed by atoms with E-state index in [4.69, 9.17) is 0 Å². The average molecular weight is 176 g/mol. The maximum atomic E-state index is 4.37. The fraction of sp³-hybridized carbons (Fsp3) is 0.364. The minimum Gasteiger partial charge on any atom is -0.346 e. The molecule has 0 atom stereocenters. The molecule has 2 heterocycles. The first-order chi connectivity index (χ1) is 6.18. The fourth-order valence-corrected chi connectivity index (χ4v) is 1.47. The van der Waals surface area contributed by atoms with Gasteiger partial charge in [-0.3, -0.25) is 0 Å². The Morgan fingerprint density at radius 2 is 2.23 bits per heavy atom. The lowest BCUT2D eigenvalue weighted by Gasteiger charge is -2.03. The number of rotatable bonds is 1. The third-order valence-electron chi connectivity index (χ3n) is 2.43. The second kappa shape index (κ2) is 2.87. The van der Waals surface area contributed by atoms with E-state index in [0.717, 1.165) is 5.65 Å². The summed E-state index contributed by atoms with van der Waals surface area (Å²) in [6.45, 7) is 6.47. The number of hydrogen-bond donors (Lipinski definition) is 1. The Hall–Kier alpha value is -1.31. The van der Waals surface area contributed by atoms with Gasteiger partial charge in [0, 0.05) is 19.2 Å². The number of aromatic amines is 1. The van der Waals surface area contributed by atoms with E-state index in [1.807, 2.05) is 12.4 Å². The number of pyridine rings is 1. The number of nitrogens with one attached hydrogen (secondary N) is 1. The van der Waals surface area contributed by atoms with Gasteiger partial charge in [-0.05, 0) is 30.0 Å². The van der Waals surface area contributed by atoms with Crippen molar-refractivity contribution in [3.63, 3.8) is 0 Å². The first-order valence-corrected chi connectivity index (χ1v) is 4.62. The second-order valence-corrected chi connectivity index (χ2v) is 3.79. The highest BCUT2D eigenvalue weighted by Crippen LogP contribution is 2.20. The Morgan fingerprint density at radius 3 is 2.92 bits per heavy atom. The third-order valence-corrected chi connectivity index (χ3v) is 2.43. The second-order valence-electron chi connectivity index (χ2n) is 3.79. The van der Waals surface area contributed by atoms with E-state index in [0.29, 0.717) is 5.92 Å². The van der Waals surface area contributed by atoms with Crippen molar-refractivity contribution in [3.8, 4) is 0 Å². The van der Waals surface area contributed by atoms with Crippen LogP contribution in [0.15, 0.2) is 18.5 Å². The topological polar surface area (TPSA) is 28.7 Å². The van der Waals surface area contributed by atoms with Crippen LogP contribution in [0.2, 0.25) is 0 Å². The highest BCUT2D eigenvalue weighted by molar-refractivity contribution is 5.79. The zero-order valence-corrected chi connectivity index (χ0v) is 8.26. The minimum absolute atomic E-state index is 0. The van der Waals surface area contributed by atoms with E-state index in [1.165, 1.54) is 16.5 Å². The predicted octanol–water partition coefficient (Wildman–Crippen LogP) is 3.24. The lowest BCUT2D eigenvalue weighted by molar-refractivity contribution is 0.861. The van der Waals surface area contributed by atoms with Crippen LogP contribution in [0.3, 0.4) is 0 Å². The van der Waals surface area contributed by atoms with E-state index >= 15 is 0 Å². The van der Waals surface area contributed by atoms with Gasteiger partial charge >= 0.3 is 0 Å². The van der Waals surface area contributed by atoms with Crippen LogP contribution in [0.5, 0.6) is 0 Å². The molecule has 0 aliphatic heterocycles. The molecule has 0 bridgehead atoms.